The summed E-state index contributed by atoms with van der Waals surface area (Å²) in [6, 6.07) is 18.5. The largest absolute Gasteiger partial charge is 0.497 e. The molecular weight excluding hydrogens is 479 g/mol. The molecule has 0 aliphatic rings. The first-order valence-electron chi connectivity index (χ1n) is 10.7. The molecule has 0 bridgehead atoms. The molecule has 1 heterocycles. The van der Waals surface area contributed by atoms with E-state index in [9.17, 15) is 13.6 Å². The quantitative estimate of drug-likeness (QED) is 0.328. The van der Waals surface area contributed by atoms with E-state index in [0.29, 0.717) is 12.1 Å². The van der Waals surface area contributed by atoms with Gasteiger partial charge in [-0.1, -0.05) is 65.6 Å². The molecule has 3 rings (SSSR count). The Morgan fingerprint density at radius 3 is 2.24 bits per heavy atom. The van der Waals surface area contributed by atoms with Crippen molar-refractivity contribution in [3.8, 4) is 16.9 Å². The van der Waals surface area contributed by atoms with Crippen LogP contribution in [0, 0.1) is 6.92 Å². The van der Waals surface area contributed by atoms with Gasteiger partial charge in [0.05, 0.1) is 12.0 Å². The van der Waals surface area contributed by atoms with Crippen molar-refractivity contribution in [3.05, 3.63) is 76.0 Å². The third-order valence-electron chi connectivity index (χ3n) is 4.35. The summed E-state index contributed by atoms with van der Waals surface area (Å²) in [7, 11) is 3.20. The van der Waals surface area contributed by atoms with Crippen LogP contribution in [0.15, 0.2) is 60.7 Å². The van der Waals surface area contributed by atoms with E-state index < -0.39 is 17.7 Å². The van der Waals surface area contributed by atoms with Crippen LogP contribution in [-0.4, -0.2) is 35.9 Å². The maximum atomic E-state index is 13.4. The van der Waals surface area contributed by atoms with E-state index in [4.69, 9.17) is 14.9 Å². The Hall–Kier alpha value is -2.38. The summed E-state index contributed by atoms with van der Waals surface area (Å²) in [6.07, 6.45) is -1.36. The van der Waals surface area contributed by atoms with Crippen LogP contribution in [0.5, 0.6) is 5.75 Å². The van der Waals surface area contributed by atoms with E-state index in [-0.39, 0.29) is 11.4 Å². The van der Waals surface area contributed by atoms with Crippen LogP contribution in [0.4, 0.5) is 8.78 Å². The summed E-state index contributed by atoms with van der Waals surface area (Å²) >= 11 is 1.15. The highest BCUT2D eigenvalue weighted by Gasteiger charge is 2.30. The lowest BCUT2D eigenvalue weighted by Gasteiger charge is -2.10. The van der Waals surface area contributed by atoms with E-state index in [0.717, 1.165) is 33.1 Å². The number of hydrogen-bond acceptors (Lipinski definition) is 5. The van der Waals surface area contributed by atoms with Crippen LogP contribution in [0.3, 0.4) is 0 Å². The van der Waals surface area contributed by atoms with Gasteiger partial charge in [-0.2, -0.15) is 8.78 Å². The third kappa shape index (κ3) is 9.85. The number of thiophene rings is 1. The number of aliphatic hydroxyl groups is 1. The molecule has 1 aromatic heterocycles. The lowest BCUT2D eigenvalue weighted by atomic mass is 10.1. The Kier molecular flexibility index (Phi) is 12.9. The smallest absolute Gasteiger partial charge is 0.333 e. The summed E-state index contributed by atoms with van der Waals surface area (Å²) in [6.45, 7) is 6.38. The minimum Gasteiger partial charge on any atom is -0.497 e. The molecule has 5 nitrogen and oxygen atoms in total. The maximum absolute atomic E-state index is 13.4. The molecule has 2 atom stereocenters. The standard InChI is InChI=1S/C12H11F2PS.C11H15NO4.C2H6/c1-8-7-10(9-5-3-2-4-6-9)11(16-8)12(13,14)15;1-16-9-4-2-8(3-5-9)6-12-7-10(13)11(14)15;1-2/h2-7H,15H2,1H3;2-5,10,12-13H,6-7H2,1H3,(H,14,15);1-2H3. The van der Waals surface area contributed by atoms with Gasteiger partial charge in [-0.15, -0.1) is 11.3 Å². The Bertz CT molecular complexity index is 992. The predicted molar refractivity (Wildman–Crippen MR) is 138 cm³/mol. The first-order valence-corrected chi connectivity index (χ1v) is 12.1. The zero-order valence-electron chi connectivity index (χ0n) is 19.7. The van der Waals surface area contributed by atoms with Gasteiger partial charge in [0.25, 0.3) is 5.66 Å². The van der Waals surface area contributed by atoms with Gasteiger partial charge in [-0.05, 0) is 36.2 Å². The van der Waals surface area contributed by atoms with Crippen LogP contribution in [0.25, 0.3) is 11.1 Å². The fraction of sp³-hybridized carbons (Fsp3) is 0.320. The molecule has 0 aliphatic carbocycles. The van der Waals surface area contributed by atoms with Gasteiger partial charge in [-0.3, -0.25) is 0 Å². The molecule has 0 radical (unpaired) electrons. The van der Waals surface area contributed by atoms with Crippen molar-refractivity contribution in [2.24, 2.45) is 0 Å². The highest BCUT2D eigenvalue weighted by Crippen LogP contribution is 2.45. The summed E-state index contributed by atoms with van der Waals surface area (Å²) < 4.78 is 31.8. The second-order valence-electron chi connectivity index (χ2n) is 6.92. The third-order valence-corrected chi connectivity index (χ3v) is 5.99. The molecule has 0 aliphatic heterocycles. The monoisotopic (exact) mass is 511 g/mol. The van der Waals surface area contributed by atoms with Crippen LogP contribution in [0.1, 0.15) is 29.2 Å². The first kappa shape index (κ1) is 29.7. The fourth-order valence-electron chi connectivity index (χ4n) is 2.78. The van der Waals surface area contributed by atoms with Crippen molar-refractivity contribution in [1.82, 2.24) is 5.32 Å². The number of rotatable bonds is 8. The Labute approximate surface area is 206 Å². The second-order valence-corrected chi connectivity index (χ2v) is 8.90. The molecule has 2 aromatic carbocycles. The van der Waals surface area contributed by atoms with E-state index in [1.807, 2.05) is 81.4 Å². The molecule has 0 saturated carbocycles. The SMILES string of the molecule is CC.COc1ccc(CNCC(O)C(=O)O)cc1.Cc1cc(-c2ccccc2)c(C(F)(F)P)s1. The summed E-state index contributed by atoms with van der Waals surface area (Å²) in [5, 5.41) is 20.3. The zero-order valence-corrected chi connectivity index (χ0v) is 21.7. The number of benzene rings is 2. The summed E-state index contributed by atoms with van der Waals surface area (Å²) in [5.41, 5.74) is -0.394. The molecule has 0 fully saturated rings. The van der Waals surface area contributed by atoms with Gasteiger partial charge >= 0.3 is 5.97 Å². The number of carboxylic acid groups (broad SMARTS) is 1. The van der Waals surface area contributed by atoms with E-state index >= 15 is 0 Å². The van der Waals surface area contributed by atoms with Crippen LogP contribution >= 0.6 is 20.6 Å². The zero-order chi connectivity index (χ0) is 25.7. The molecule has 2 unspecified atom stereocenters. The average Bonchev–Trinajstić information content (AvgIpc) is 3.24. The molecule has 3 N–H and O–H groups in total. The van der Waals surface area contributed by atoms with Crippen molar-refractivity contribution in [3.63, 3.8) is 0 Å². The predicted octanol–water partition coefficient (Wildman–Crippen LogP) is 5.90. The lowest BCUT2D eigenvalue weighted by Crippen LogP contribution is -2.32. The minimum absolute atomic E-state index is 0.0291. The fourth-order valence-corrected chi connectivity index (χ4v) is 4.03. The number of carbonyl (C=O) groups is 1. The highest BCUT2D eigenvalue weighted by molar-refractivity contribution is 7.21. The van der Waals surface area contributed by atoms with Gasteiger partial charge in [0.15, 0.2) is 6.10 Å². The molecule has 34 heavy (non-hydrogen) atoms. The number of methoxy groups -OCH3 is 1. The highest BCUT2D eigenvalue weighted by atomic mass is 32.1. The van der Waals surface area contributed by atoms with Crippen LogP contribution in [-0.2, 0) is 17.0 Å². The van der Waals surface area contributed by atoms with Gasteiger partial charge in [0.1, 0.15) is 5.75 Å². The molecule has 0 spiro atoms. The second kappa shape index (κ2) is 14.8. The lowest BCUT2D eigenvalue weighted by molar-refractivity contribution is -0.146. The Morgan fingerprint density at radius 1 is 1.15 bits per heavy atom. The maximum Gasteiger partial charge on any atom is 0.333 e. The van der Waals surface area contributed by atoms with Crippen molar-refractivity contribution in [2.45, 2.75) is 39.1 Å². The minimum atomic E-state index is -2.86. The van der Waals surface area contributed by atoms with Crippen molar-refractivity contribution in [1.29, 1.82) is 0 Å². The topological polar surface area (TPSA) is 78.8 Å². The number of aliphatic hydroxyl groups excluding tert-OH is 1. The van der Waals surface area contributed by atoms with E-state index in [1.165, 1.54) is 0 Å². The van der Waals surface area contributed by atoms with Crippen molar-refractivity contribution < 1.29 is 28.5 Å². The number of carboxylic acids is 1. The molecule has 9 heteroatoms. The first-order chi connectivity index (χ1) is 16.1. The number of alkyl halides is 2. The number of nitrogens with one attached hydrogen (secondary N) is 1. The van der Waals surface area contributed by atoms with Crippen molar-refractivity contribution >= 4 is 26.5 Å². The van der Waals surface area contributed by atoms with Gasteiger partial charge in [0, 0.05) is 23.5 Å². The number of ether oxygens (including phenoxy) is 1. The Morgan fingerprint density at radius 2 is 1.74 bits per heavy atom. The number of hydrogen-bond donors (Lipinski definition) is 3. The average molecular weight is 512 g/mol. The van der Waals surface area contributed by atoms with Gasteiger partial charge in [0.2, 0.25) is 0 Å². The molecule has 3 aromatic rings. The van der Waals surface area contributed by atoms with Gasteiger partial charge in [-0.25, -0.2) is 4.79 Å². The normalized spacial score (nSPS) is 11.4. The van der Waals surface area contributed by atoms with Crippen LogP contribution < -0.4 is 10.1 Å². The Balaban J connectivity index is 0.000000317. The molecule has 186 valence electrons. The van der Waals surface area contributed by atoms with E-state index in [2.05, 4.69) is 5.32 Å². The number of halogens is 2. The number of aryl methyl sites for hydroxylation is 1. The number of aliphatic carboxylic acids is 1. The summed E-state index contributed by atoms with van der Waals surface area (Å²) in [5.74, 6) is -0.448. The van der Waals surface area contributed by atoms with Gasteiger partial charge < -0.3 is 20.3 Å². The molecule has 0 saturated heterocycles. The molecular formula is C25H32F2NO4PS. The summed E-state index contributed by atoms with van der Waals surface area (Å²) in [4.78, 5) is 11.3. The molecule has 0 amide bonds. The van der Waals surface area contributed by atoms with Crippen LogP contribution in [0.2, 0.25) is 0 Å². The van der Waals surface area contributed by atoms with Crippen molar-refractivity contribution in [2.75, 3.05) is 13.7 Å². The van der Waals surface area contributed by atoms with E-state index in [1.54, 1.807) is 16.3 Å².